The minimum absolute atomic E-state index is 0.816. The maximum absolute atomic E-state index is 13.0. The summed E-state index contributed by atoms with van der Waals surface area (Å²) in [5, 5.41) is 159. The fourth-order valence-corrected chi connectivity index (χ4v) is 7.51. The summed E-state index contributed by atoms with van der Waals surface area (Å²) >= 11 is 0. The van der Waals surface area contributed by atoms with Gasteiger partial charge in [0.05, 0.1) is 46.2 Å². The Balaban J connectivity index is 2.10. The van der Waals surface area contributed by atoms with E-state index in [2.05, 4.69) is 5.32 Å². The lowest BCUT2D eigenvalue weighted by molar-refractivity contribution is -0.470. The average molecular weight is 722 g/mol. The molecule has 286 valence electrons. The molecule has 0 aromatic rings. The summed E-state index contributed by atoms with van der Waals surface area (Å²) in [6, 6.07) is 0. The molecule has 0 bridgehead atoms. The van der Waals surface area contributed by atoms with Crippen molar-refractivity contribution in [2.24, 2.45) is 0 Å². The Labute approximate surface area is 278 Å². The summed E-state index contributed by atoms with van der Waals surface area (Å²) in [6.45, 7) is -6.82. The van der Waals surface area contributed by atoms with E-state index >= 15 is 0 Å². The van der Waals surface area contributed by atoms with E-state index in [1.165, 1.54) is 0 Å². The molecule has 4 rings (SSSR count). The van der Waals surface area contributed by atoms with Gasteiger partial charge in [0.2, 0.25) is 5.91 Å². The Bertz CT molecular complexity index is 1150. The van der Waals surface area contributed by atoms with E-state index in [1.54, 1.807) is 0 Å². The summed E-state index contributed by atoms with van der Waals surface area (Å²) in [7, 11) is 0.845. The molecule has 17 atom stereocenters. The Morgan fingerprint density at radius 2 is 1.33 bits per heavy atom. The van der Waals surface area contributed by atoms with Crippen LogP contribution in [-0.4, -0.2) is 232 Å². The standard InChI is InChI=1S/C27H47NO21/c1-10(33)28-23(8-46-12(3-29)16(35)20(23)39)49-26(15(6-32)45-7-11(34)18(26)37)24(41)9-47-14(5-31)19(38)27(24,43)25(42)21(40)17(36)13(4-30)48-22(25)44-2/h11-22,29-32,34-43H,3-9H2,1-2H3,(H,28,33)/t11-,12+,13+,14+,15+,16-,17+,18+,19-,20-,21-,22-,23+,24+,25+,26-,27+/m0/s1. The number of hydrogen-bond donors (Lipinski definition) is 15. The minimum Gasteiger partial charge on any atom is -0.394 e. The van der Waals surface area contributed by atoms with Gasteiger partial charge in [-0.15, -0.1) is 0 Å². The first-order chi connectivity index (χ1) is 22.9. The number of hydrogen-bond acceptors (Lipinski definition) is 21. The van der Waals surface area contributed by atoms with Gasteiger partial charge >= 0.3 is 0 Å². The fourth-order valence-electron chi connectivity index (χ4n) is 7.51. The van der Waals surface area contributed by atoms with Crippen LogP contribution < -0.4 is 5.32 Å². The van der Waals surface area contributed by atoms with Crippen molar-refractivity contribution in [3.05, 3.63) is 0 Å². The Morgan fingerprint density at radius 1 is 0.755 bits per heavy atom. The van der Waals surface area contributed by atoms with Crippen LogP contribution in [0.1, 0.15) is 6.92 Å². The van der Waals surface area contributed by atoms with Gasteiger partial charge in [-0.1, -0.05) is 0 Å². The predicted molar refractivity (Wildman–Crippen MR) is 150 cm³/mol. The van der Waals surface area contributed by atoms with E-state index in [-0.39, 0.29) is 0 Å². The van der Waals surface area contributed by atoms with Crippen LogP contribution in [0.2, 0.25) is 0 Å². The predicted octanol–water partition coefficient (Wildman–Crippen LogP) is -10.2. The Morgan fingerprint density at radius 3 is 1.86 bits per heavy atom. The quantitative estimate of drug-likeness (QED) is 0.0931. The van der Waals surface area contributed by atoms with E-state index < -0.39 is 154 Å². The highest BCUT2D eigenvalue weighted by atomic mass is 16.7. The second-order valence-electron chi connectivity index (χ2n) is 12.7. The highest BCUT2D eigenvalue weighted by Gasteiger charge is 2.85. The van der Waals surface area contributed by atoms with Gasteiger partial charge in [-0.25, -0.2) is 0 Å². The lowest BCUT2D eigenvalue weighted by Gasteiger charge is -2.69. The molecule has 22 nitrogen and oxygen atoms in total. The SMILES string of the molecule is CO[C@H]1O[C@H](CO)[C@@H](O)[C@H](O)[C@]1(O)[C@@]1(O)[C@@H](O)[C@@H](CO)OC[C@@]1(O)[C@@]1(O[C@]2(NC(C)=O)CO[C@H](CO)[C@H](O)[C@@H]2O)[C@H](O)[C@@H](O)CO[C@@H]1CO. The summed E-state index contributed by atoms with van der Waals surface area (Å²) < 4.78 is 33.0. The molecule has 22 heteroatoms. The van der Waals surface area contributed by atoms with Crippen molar-refractivity contribution in [3.8, 4) is 0 Å². The maximum atomic E-state index is 13.0. The third-order valence-corrected chi connectivity index (χ3v) is 10.1. The van der Waals surface area contributed by atoms with Gasteiger partial charge in [0.1, 0.15) is 67.1 Å². The number of nitrogens with one attached hydrogen (secondary N) is 1. The first-order valence-corrected chi connectivity index (χ1v) is 15.3. The minimum atomic E-state index is -3.99. The largest absolute Gasteiger partial charge is 0.394 e. The van der Waals surface area contributed by atoms with Gasteiger partial charge in [-0.05, 0) is 0 Å². The van der Waals surface area contributed by atoms with E-state index in [0.717, 1.165) is 14.0 Å². The molecule has 49 heavy (non-hydrogen) atoms. The first kappa shape index (κ1) is 40.4. The van der Waals surface area contributed by atoms with Gasteiger partial charge < -0.3 is 105 Å². The topological polar surface area (TPSA) is 368 Å². The molecule has 0 aliphatic carbocycles. The molecular formula is C27H47NO21. The molecule has 4 heterocycles. The monoisotopic (exact) mass is 721 g/mol. The van der Waals surface area contributed by atoms with Crippen LogP contribution in [0.15, 0.2) is 0 Å². The zero-order chi connectivity index (χ0) is 36.9. The third kappa shape index (κ3) is 5.71. The fraction of sp³-hybridized carbons (Fsp3) is 0.963. The van der Waals surface area contributed by atoms with E-state index in [9.17, 15) is 76.3 Å². The zero-order valence-electron chi connectivity index (χ0n) is 26.5. The molecule has 0 aromatic heterocycles. The number of amides is 1. The molecule has 4 aliphatic rings. The second-order valence-corrected chi connectivity index (χ2v) is 12.7. The first-order valence-electron chi connectivity index (χ1n) is 15.3. The highest BCUT2D eigenvalue weighted by molar-refractivity contribution is 5.73. The summed E-state index contributed by atoms with van der Waals surface area (Å²) in [4.78, 5) is 12.6. The van der Waals surface area contributed by atoms with Gasteiger partial charge in [0.15, 0.2) is 34.4 Å². The number of aliphatic hydroxyl groups is 14. The van der Waals surface area contributed by atoms with Crippen LogP contribution in [0, 0.1) is 0 Å². The van der Waals surface area contributed by atoms with Gasteiger partial charge in [0, 0.05) is 14.0 Å². The number of aliphatic hydroxyl groups excluding tert-OH is 11. The van der Waals surface area contributed by atoms with Crippen LogP contribution in [0.4, 0.5) is 0 Å². The number of rotatable bonds is 10. The molecule has 4 fully saturated rings. The molecular weight excluding hydrogens is 674 g/mol. The van der Waals surface area contributed by atoms with Crippen molar-refractivity contribution in [2.75, 3.05) is 53.4 Å². The van der Waals surface area contributed by atoms with E-state index in [1.807, 2.05) is 0 Å². The smallest absolute Gasteiger partial charge is 0.219 e. The van der Waals surface area contributed by atoms with Crippen molar-refractivity contribution in [1.82, 2.24) is 5.32 Å². The highest BCUT2D eigenvalue weighted by Crippen LogP contribution is 2.57. The van der Waals surface area contributed by atoms with Crippen molar-refractivity contribution in [2.45, 2.75) is 108 Å². The molecule has 4 saturated heterocycles. The molecule has 0 aromatic carbocycles. The molecule has 15 N–H and O–H groups in total. The van der Waals surface area contributed by atoms with Crippen LogP contribution in [0.5, 0.6) is 0 Å². The number of carbonyl (C=O) groups excluding carboxylic acids is 1. The molecule has 0 spiro atoms. The molecule has 0 radical (unpaired) electrons. The van der Waals surface area contributed by atoms with Crippen molar-refractivity contribution in [3.63, 3.8) is 0 Å². The zero-order valence-corrected chi connectivity index (χ0v) is 26.5. The molecule has 0 unspecified atom stereocenters. The molecule has 1 amide bonds. The normalized spacial score (nSPS) is 52.5. The van der Waals surface area contributed by atoms with Gasteiger partial charge in [0.25, 0.3) is 0 Å². The summed E-state index contributed by atoms with van der Waals surface area (Å²) in [6.07, 6.45) is -27.1. The van der Waals surface area contributed by atoms with Crippen LogP contribution in [-0.2, 0) is 33.2 Å². The number of methoxy groups -OCH3 is 1. The van der Waals surface area contributed by atoms with Crippen molar-refractivity contribution < 1.29 is 105 Å². The van der Waals surface area contributed by atoms with E-state index in [0.29, 0.717) is 0 Å². The van der Waals surface area contributed by atoms with Crippen LogP contribution >= 0.6 is 0 Å². The van der Waals surface area contributed by atoms with Crippen molar-refractivity contribution in [1.29, 1.82) is 0 Å². The Kier molecular flexibility index (Phi) is 12.0. The van der Waals surface area contributed by atoms with Gasteiger partial charge in [-0.3, -0.25) is 4.79 Å². The average Bonchev–Trinajstić information content (AvgIpc) is 3.07. The second kappa shape index (κ2) is 14.6. The van der Waals surface area contributed by atoms with E-state index in [4.69, 9.17) is 28.4 Å². The summed E-state index contributed by atoms with van der Waals surface area (Å²) in [5.41, 5.74) is -17.9. The maximum Gasteiger partial charge on any atom is 0.219 e. The molecule has 0 saturated carbocycles. The van der Waals surface area contributed by atoms with Crippen LogP contribution in [0.3, 0.4) is 0 Å². The lowest BCUT2D eigenvalue weighted by Crippen LogP contribution is -2.95. The van der Waals surface area contributed by atoms with Crippen LogP contribution in [0.25, 0.3) is 0 Å². The molecule has 4 aliphatic heterocycles. The third-order valence-electron chi connectivity index (χ3n) is 10.1. The van der Waals surface area contributed by atoms with Gasteiger partial charge in [-0.2, -0.15) is 0 Å². The number of carbonyl (C=O) groups is 1. The number of ether oxygens (including phenoxy) is 6. The summed E-state index contributed by atoms with van der Waals surface area (Å²) in [5.74, 6) is -1.03. The lowest BCUT2D eigenvalue weighted by atomic mass is 9.53. The Hall–Kier alpha value is -1.33. The van der Waals surface area contributed by atoms with Crippen molar-refractivity contribution >= 4 is 5.91 Å².